The molecule has 0 radical (unpaired) electrons. The second-order valence-corrected chi connectivity index (χ2v) is 5.02. The average molecular weight is 266 g/mol. The molecular formula is C14H22N2O3. The Kier molecular flexibility index (Phi) is 4.82. The highest BCUT2D eigenvalue weighted by Crippen LogP contribution is 2.25. The maximum absolute atomic E-state index is 11.8. The summed E-state index contributed by atoms with van der Waals surface area (Å²) in [4.78, 5) is 11.8. The van der Waals surface area contributed by atoms with E-state index < -0.39 is 0 Å². The molecule has 1 aromatic rings. The molecule has 1 fully saturated rings. The third kappa shape index (κ3) is 3.49. The highest BCUT2D eigenvalue weighted by molar-refractivity contribution is 5.91. The van der Waals surface area contributed by atoms with Crippen molar-refractivity contribution in [1.82, 2.24) is 9.78 Å². The van der Waals surface area contributed by atoms with E-state index in [1.807, 2.05) is 0 Å². The quantitative estimate of drug-likeness (QED) is 0.769. The van der Waals surface area contributed by atoms with Crippen molar-refractivity contribution < 1.29 is 14.3 Å². The van der Waals surface area contributed by atoms with Crippen molar-refractivity contribution in [2.45, 2.75) is 39.0 Å². The van der Waals surface area contributed by atoms with Crippen molar-refractivity contribution in [3.63, 3.8) is 0 Å². The van der Waals surface area contributed by atoms with Gasteiger partial charge in [0.25, 0.3) is 0 Å². The second kappa shape index (κ2) is 6.59. The van der Waals surface area contributed by atoms with E-state index in [9.17, 15) is 4.79 Å². The number of esters is 1. The summed E-state index contributed by atoms with van der Waals surface area (Å²) in [5, 5.41) is 4.07. The Labute approximate surface area is 113 Å². The van der Waals surface area contributed by atoms with Crippen LogP contribution in [-0.4, -0.2) is 29.0 Å². The molecule has 2 rings (SSSR count). The normalized spacial score (nSPS) is 16.3. The minimum absolute atomic E-state index is 0.357. The fourth-order valence-corrected chi connectivity index (χ4v) is 2.50. The summed E-state index contributed by atoms with van der Waals surface area (Å²) in [5.74, 6) is 0.747. The van der Waals surface area contributed by atoms with Gasteiger partial charge in [0.15, 0.2) is 0 Å². The van der Waals surface area contributed by atoms with Gasteiger partial charge in [0.1, 0.15) is 5.56 Å². The van der Waals surface area contributed by atoms with Crippen LogP contribution in [0.3, 0.4) is 0 Å². The lowest BCUT2D eigenvalue weighted by atomic mass is 9.90. The molecule has 0 N–H and O–H groups in total. The minimum atomic E-state index is -0.366. The maximum Gasteiger partial charge on any atom is 0.345 e. The van der Waals surface area contributed by atoms with Crippen molar-refractivity contribution in [2.75, 3.05) is 13.2 Å². The molecule has 1 saturated carbocycles. The average Bonchev–Trinajstić information content (AvgIpc) is 2.79. The van der Waals surface area contributed by atoms with Crippen molar-refractivity contribution in [3.05, 3.63) is 11.8 Å². The zero-order valence-corrected chi connectivity index (χ0v) is 11.7. The van der Waals surface area contributed by atoms with Gasteiger partial charge >= 0.3 is 5.97 Å². The Morgan fingerprint density at radius 1 is 1.42 bits per heavy atom. The molecule has 1 aliphatic carbocycles. The Balaban J connectivity index is 1.98. The number of aryl methyl sites for hydroxylation is 1. The monoisotopic (exact) mass is 266 g/mol. The molecule has 5 heteroatoms. The van der Waals surface area contributed by atoms with E-state index in [1.165, 1.54) is 38.3 Å². The fourth-order valence-electron chi connectivity index (χ4n) is 2.50. The summed E-state index contributed by atoms with van der Waals surface area (Å²) in [7, 11) is 1.78. The number of ether oxygens (including phenoxy) is 2. The fraction of sp³-hybridized carbons (Fsp3) is 0.714. The van der Waals surface area contributed by atoms with E-state index in [1.54, 1.807) is 18.7 Å². The number of nitrogens with zero attached hydrogens (tertiary/aromatic N) is 2. The third-order valence-electron chi connectivity index (χ3n) is 3.56. The second-order valence-electron chi connectivity index (χ2n) is 5.02. The smallest absolute Gasteiger partial charge is 0.345 e. The van der Waals surface area contributed by atoms with E-state index in [-0.39, 0.29) is 5.97 Å². The van der Waals surface area contributed by atoms with Crippen molar-refractivity contribution in [3.8, 4) is 5.88 Å². The summed E-state index contributed by atoms with van der Waals surface area (Å²) in [5.41, 5.74) is 0.417. The number of hydrogen-bond acceptors (Lipinski definition) is 4. The first-order valence-electron chi connectivity index (χ1n) is 7.04. The van der Waals surface area contributed by atoms with Crippen molar-refractivity contribution >= 4 is 5.97 Å². The molecule has 0 unspecified atom stereocenters. The Hall–Kier alpha value is -1.52. The van der Waals surface area contributed by atoms with Crippen molar-refractivity contribution in [1.29, 1.82) is 0 Å². The molecule has 0 atom stereocenters. The van der Waals surface area contributed by atoms with Crippen LogP contribution in [0.25, 0.3) is 0 Å². The summed E-state index contributed by atoms with van der Waals surface area (Å²) in [6, 6.07) is 0. The third-order valence-corrected chi connectivity index (χ3v) is 3.56. The van der Waals surface area contributed by atoms with Gasteiger partial charge in [-0.1, -0.05) is 19.3 Å². The maximum atomic E-state index is 11.8. The van der Waals surface area contributed by atoms with Gasteiger partial charge in [-0.25, -0.2) is 9.48 Å². The van der Waals surface area contributed by atoms with Crippen molar-refractivity contribution in [2.24, 2.45) is 13.0 Å². The molecule has 106 valence electrons. The lowest BCUT2D eigenvalue weighted by Gasteiger charge is -2.21. The van der Waals surface area contributed by atoms with E-state index in [2.05, 4.69) is 5.10 Å². The summed E-state index contributed by atoms with van der Waals surface area (Å²) in [6.07, 6.45) is 7.83. The van der Waals surface area contributed by atoms with Gasteiger partial charge in [0, 0.05) is 7.05 Å². The largest absolute Gasteiger partial charge is 0.477 e. The predicted molar refractivity (Wildman–Crippen MR) is 71.2 cm³/mol. The van der Waals surface area contributed by atoms with Gasteiger partial charge in [-0.15, -0.1) is 0 Å². The Morgan fingerprint density at radius 3 is 2.84 bits per heavy atom. The SMILES string of the molecule is CCOC(=O)c1cnn(C)c1OCC1CCCCC1. The van der Waals surface area contributed by atoms with Crippen LogP contribution >= 0.6 is 0 Å². The molecular weight excluding hydrogens is 244 g/mol. The molecule has 1 aliphatic rings. The molecule has 1 heterocycles. The molecule has 0 saturated heterocycles. The van der Waals surface area contributed by atoms with Crippen LogP contribution in [0.15, 0.2) is 6.20 Å². The van der Waals surface area contributed by atoms with E-state index >= 15 is 0 Å². The lowest BCUT2D eigenvalue weighted by Crippen LogP contribution is -2.17. The van der Waals surface area contributed by atoms with E-state index in [0.29, 0.717) is 30.6 Å². The Bertz CT molecular complexity index is 422. The molecule has 0 amide bonds. The molecule has 0 bridgehead atoms. The van der Waals surface area contributed by atoms with Gasteiger partial charge in [-0.2, -0.15) is 5.10 Å². The topological polar surface area (TPSA) is 53.3 Å². The summed E-state index contributed by atoms with van der Waals surface area (Å²) < 4.78 is 12.4. The molecule has 1 aromatic heterocycles. The van der Waals surface area contributed by atoms with Gasteiger partial charge in [0.05, 0.1) is 19.4 Å². The summed E-state index contributed by atoms with van der Waals surface area (Å²) in [6.45, 7) is 2.80. The van der Waals surface area contributed by atoms with Crippen LogP contribution in [-0.2, 0) is 11.8 Å². The first kappa shape index (κ1) is 13.9. The van der Waals surface area contributed by atoms with Crippen LogP contribution in [0.5, 0.6) is 5.88 Å². The number of hydrogen-bond donors (Lipinski definition) is 0. The predicted octanol–water partition coefficient (Wildman–Crippen LogP) is 2.56. The highest BCUT2D eigenvalue weighted by atomic mass is 16.5. The van der Waals surface area contributed by atoms with E-state index in [0.717, 1.165) is 0 Å². The van der Waals surface area contributed by atoms with Gasteiger partial charge < -0.3 is 9.47 Å². The van der Waals surface area contributed by atoms with Crippen LogP contribution < -0.4 is 4.74 Å². The Morgan fingerprint density at radius 2 is 2.16 bits per heavy atom. The molecule has 0 spiro atoms. The number of carbonyl (C=O) groups is 1. The standard InChI is InChI=1S/C14H22N2O3/c1-3-18-14(17)12-9-15-16(2)13(12)19-10-11-7-5-4-6-8-11/h9,11H,3-8,10H2,1-2H3. The van der Waals surface area contributed by atoms with Crippen LogP contribution in [0, 0.1) is 5.92 Å². The molecule has 19 heavy (non-hydrogen) atoms. The first-order chi connectivity index (χ1) is 9.22. The number of rotatable bonds is 5. The van der Waals surface area contributed by atoms with Crippen LogP contribution in [0.1, 0.15) is 49.4 Å². The highest BCUT2D eigenvalue weighted by Gasteiger charge is 2.21. The van der Waals surface area contributed by atoms with Gasteiger partial charge in [0.2, 0.25) is 5.88 Å². The van der Waals surface area contributed by atoms with Gasteiger partial charge in [-0.05, 0) is 25.7 Å². The first-order valence-corrected chi connectivity index (χ1v) is 7.04. The molecule has 0 aliphatic heterocycles. The van der Waals surface area contributed by atoms with Crippen LogP contribution in [0.4, 0.5) is 0 Å². The summed E-state index contributed by atoms with van der Waals surface area (Å²) >= 11 is 0. The molecule has 5 nitrogen and oxygen atoms in total. The van der Waals surface area contributed by atoms with Crippen LogP contribution in [0.2, 0.25) is 0 Å². The number of aromatic nitrogens is 2. The zero-order valence-electron chi connectivity index (χ0n) is 11.7. The zero-order chi connectivity index (χ0) is 13.7. The number of carbonyl (C=O) groups excluding carboxylic acids is 1. The lowest BCUT2D eigenvalue weighted by molar-refractivity contribution is 0.0519. The molecule has 0 aromatic carbocycles. The minimum Gasteiger partial charge on any atom is -0.477 e. The van der Waals surface area contributed by atoms with Gasteiger partial charge in [-0.3, -0.25) is 0 Å². The van der Waals surface area contributed by atoms with E-state index in [4.69, 9.17) is 9.47 Å².